The first-order chi connectivity index (χ1) is 10.6. The summed E-state index contributed by atoms with van der Waals surface area (Å²) in [4.78, 5) is 0. The Morgan fingerprint density at radius 2 is 2.09 bits per heavy atom. The van der Waals surface area contributed by atoms with Crippen molar-refractivity contribution >= 4 is 23.0 Å². The molecule has 1 saturated carbocycles. The highest BCUT2D eigenvalue weighted by Crippen LogP contribution is 2.39. The molecule has 0 bridgehead atoms. The number of benzene rings is 1. The molecule has 22 heavy (non-hydrogen) atoms. The van der Waals surface area contributed by atoms with Gasteiger partial charge in [-0.15, -0.1) is 0 Å². The monoisotopic (exact) mass is 315 g/mol. The van der Waals surface area contributed by atoms with Crippen molar-refractivity contribution < 1.29 is 4.74 Å². The Morgan fingerprint density at radius 1 is 1.27 bits per heavy atom. The van der Waals surface area contributed by atoms with Gasteiger partial charge in [-0.2, -0.15) is 0 Å². The molecular formula is C19H25NOS. The summed E-state index contributed by atoms with van der Waals surface area (Å²) in [6, 6.07) is 9.19. The molecular weight excluding hydrogens is 290 g/mol. The molecule has 1 unspecified atom stereocenters. The van der Waals surface area contributed by atoms with Crippen molar-refractivity contribution in [3.63, 3.8) is 0 Å². The molecule has 3 rings (SSSR count). The molecule has 2 nitrogen and oxygen atoms in total. The number of pyridine rings is 1. The van der Waals surface area contributed by atoms with Crippen LogP contribution in [0.15, 0.2) is 30.5 Å². The summed E-state index contributed by atoms with van der Waals surface area (Å²) in [5.74, 6) is 0.663. The molecule has 1 aromatic heterocycles. The van der Waals surface area contributed by atoms with E-state index in [1.54, 1.807) is 0 Å². The van der Waals surface area contributed by atoms with Crippen LogP contribution < -0.4 is 0 Å². The zero-order valence-electron chi connectivity index (χ0n) is 13.7. The summed E-state index contributed by atoms with van der Waals surface area (Å²) in [6.45, 7) is 4.38. The highest BCUT2D eigenvalue weighted by atomic mass is 32.1. The molecule has 2 aromatic rings. The van der Waals surface area contributed by atoms with E-state index in [1.165, 1.54) is 35.6 Å². The molecule has 0 radical (unpaired) electrons. The summed E-state index contributed by atoms with van der Waals surface area (Å²) >= 11 is 5.77. The largest absolute Gasteiger partial charge is 0.381 e. The molecule has 1 aliphatic carbocycles. The van der Waals surface area contributed by atoms with E-state index in [-0.39, 0.29) is 0 Å². The first-order valence-corrected chi connectivity index (χ1v) is 8.69. The lowest BCUT2D eigenvalue weighted by atomic mass is 10.00. The van der Waals surface area contributed by atoms with E-state index in [4.69, 9.17) is 17.0 Å². The smallest absolute Gasteiger partial charge is 0.114 e. The predicted molar refractivity (Wildman–Crippen MR) is 95.0 cm³/mol. The lowest BCUT2D eigenvalue weighted by Gasteiger charge is -2.16. The highest BCUT2D eigenvalue weighted by molar-refractivity contribution is 7.71. The normalized spacial score (nSPS) is 25.0. The quantitative estimate of drug-likeness (QED) is 0.697. The molecule has 1 heterocycles. The van der Waals surface area contributed by atoms with Gasteiger partial charge in [-0.05, 0) is 43.6 Å². The molecule has 0 aliphatic heterocycles. The summed E-state index contributed by atoms with van der Waals surface area (Å²) in [5, 5.41) is 2.43. The molecule has 0 amide bonds. The Morgan fingerprint density at radius 3 is 2.82 bits per heavy atom. The van der Waals surface area contributed by atoms with E-state index >= 15 is 0 Å². The number of rotatable bonds is 4. The lowest BCUT2D eigenvalue weighted by molar-refractivity contribution is 0.0667. The van der Waals surface area contributed by atoms with E-state index in [0.717, 1.165) is 11.1 Å². The Kier molecular flexibility index (Phi) is 4.65. The van der Waals surface area contributed by atoms with Crippen LogP contribution in [-0.2, 0) is 4.74 Å². The maximum absolute atomic E-state index is 5.77. The molecule has 0 N–H and O–H groups in total. The van der Waals surface area contributed by atoms with Crippen molar-refractivity contribution in [3.8, 4) is 0 Å². The van der Waals surface area contributed by atoms with Gasteiger partial charge in [-0.1, -0.05) is 49.3 Å². The third kappa shape index (κ3) is 2.84. The SMILES string of the molecule is CCCC1C[C@@H](n2ccc3cc(C)ccc3c2=S)C[C@H]1OC. The maximum atomic E-state index is 5.77. The summed E-state index contributed by atoms with van der Waals surface area (Å²) in [7, 11) is 1.85. The van der Waals surface area contributed by atoms with E-state index in [2.05, 4.69) is 48.9 Å². The zero-order valence-corrected chi connectivity index (χ0v) is 14.5. The number of fused-ring (bicyclic) bond motifs is 1. The van der Waals surface area contributed by atoms with Crippen molar-refractivity contribution in [2.75, 3.05) is 7.11 Å². The molecule has 1 aromatic carbocycles. The molecule has 3 atom stereocenters. The molecule has 1 fully saturated rings. The third-order valence-corrected chi connectivity index (χ3v) is 5.48. The molecule has 1 aliphatic rings. The Bertz CT molecular complexity index is 721. The van der Waals surface area contributed by atoms with Gasteiger partial charge < -0.3 is 9.30 Å². The molecule has 0 saturated heterocycles. The van der Waals surface area contributed by atoms with Gasteiger partial charge in [0.25, 0.3) is 0 Å². The van der Waals surface area contributed by atoms with Gasteiger partial charge in [-0.25, -0.2) is 0 Å². The van der Waals surface area contributed by atoms with Gasteiger partial charge in [0.1, 0.15) is 4.64 Å². The summed E-state index contributed by atoms with van der Waals surface area (Å²) in [5.41, 5.74) is 1.28. The zero-order chi connectivity index (χ0) is 15.7. The van der Waals surface area contributed by atoms with Crippen LogP contribution in [0.2, 0.25) is 0 Å². The third-order valence-electron chi connectivity index (χ3n) is 5.05. The average molecular weight is 315 g/mol. The van der Waals surface area contributed by atoms with Crippen LogP contribution in [-0.4, -0.2) is 17.8 Å². The van der Waals surface area contributed by atoms with Gasteiger partial charge >= 0.3 is 0 Å². The predicted octanol–water partition coefficient (Wildman–Crippen LogP) is 5.45. The van der Waals surface area contributed by atoms with E-state index in [1.807, 2.05) is 7.11 Å². The van der Waals surface area contributed by atoms with Gasteiger partial charge in [-0.3, -0.25) is 0 Å². The minimum atomic E-state index is 0.376. The standard InChI is InChI=1S/C19H25NOS/c1-4-5-15-11-16(12-18(15)21-3)20-9-8-14-10-13(2)6-7-17(14)19(20)22/h6-10,15-16,18H,4-5,11-12H2,1-3H3/t15?,16-,18-/m1/s1. The van der Waals surface area contributed by atoms with Crippen molar-refractivity contribution in [1.29, 1.82) is 0 Å². The number of hydrogen-bond acceptors (Lipinski definition) is 2. The lowest BCUT2D eigenvalue weighted by Crippen LogP contribution is -2.15. The number of hydrogen-bond donors (Lipinski definition) is 0. The van der Waals surface area contributed by atoms with Crippen LogP contribution in [0.3, 0.4) is 0 Å². The van der Waals surface area contributed by atoms with E-state index in [9.17, 15) is 0 Å². The Labute approximate surface area is 138 Å². The first-order valence-electron chi connectivity index (χ1n) is 8.28. The van der Waals surface area contributed by atoms with Crippen LogP contribution in [0.4, 0.5) is 0 Å². The van der Waals surface area contributed by atoms with Crippen LogP contribution >= 0.6 is 12.2 Å². The maximum Gasteiger partial charge on any atom is 0.114 e. The summed E-state index contributed by atoms with van der Waals surface area (Å²) in [6.07, 6.45) is 7.27. The Hall–Kier alpha value is -1.19. The van der Waals surface area contributed by atoms with Crippen molar-refractivity contribution in [1.82, 2.24) is 4.57 Å². The van der Waals surface area contributed by atoms with Crippen molar-refractivity contribution in [2.45, 2.75) is 51.7 Å². The van der Waals surface area contributed by atoms with Gasteiger partial charge in [0.2, 0.25) is 0 Å². The van der Waals surface area contributed by atoms with Crippen molar-refractivity contribution in [3.05, 3.63) is 40.7 Å². The minimum Gasteiger partial charge on any atom is -0.381 e. The second-order valence-corrected chi connectivity index (χ2v) is 6.95. The molecule has 118 valence electrons. The average Bonchev–Trinajstić information content (AvgIpc) is 2.90. The first kappa shape index (κ1) is 15.7. The van der Waals surface area contributed by atoms with Crippen molar-refractivity contribution in [2.24, 2.45) is 5.92 Å². The fraction of sp³-hybridized carbons (Fsp3) is 0.526. The second-order valence-electron chi connectivity index (χ2n) is 6.57. The summed E-state index contributed by atoms with van der Waals surface area (Å²) < 4.78 is 8.99. The number of aromatic nitrogens is 1. The van der Waals surface area contributed by atoms with E-state index in [0.29, 0.717) is 18.1 Å². The number of aryl methyl sites for hydroxylation is 1. The number of nitrogens with zero attached hydrogens (tertiary/aromatic N) is 1. The van der Waals surface area contributed by atoms with Gasteiger partial charge in [0, 0.05) is 24.7 Å². The van der Waals surface area contributed by atoms with Gasteiger partial charge in [0.15, 0.2) is 0 Å². The topological polar surface area (TPSA) is 14.2 Å². The minimum absolute atomic E-state index is 0.376. The van der Waals surface area contributed by atoms with Crippen LogP contribution in [0.1, 0.15) is 44.2 Å². The highest BCUT2D eigenvalue weighted by Gasteiger charge is 2.34. The second kappa shape index (κ2) is 6.51. The number of methoxy groups -OCH3 is 1. The Balaban J connectivity index is 1.96. The van der Waals surface area contributed by atoms with Crippen LogP contribution in [0, 0.1) is 17.5 Å². The van der Waals surface area contributed by atoms with Crippen LogP contribution in [0.25, 0.3) is 10.8 Å². The molecule has 0 spiro atoms. The van der Waals surface area contributed by atoms with E-state index < -0.39 is 0 Å². The van der Waals surface area contributed by atoms with Crippen LogP contribution in [0.5, 0.6) is 0 Å². The fourth-order valence-electron chi connectivity index (χ4n) is 3.92. The van der Waals surface area contributed by atoms with Gasteiger partial charge in [0.05, 0.1) is 6.10 Å². The number of ether oxygens (including phenoxy) is 1. The fourth-order valence-corrected chi connectivity index (χ4v) is 4.31. The molecule has 3 heteroatoms.